The Hall–Kier alpha value is -1.13. The zero-order chi connectivity index (χ0) is 20.0. The van der Waals surface area contributed by atoms with Crippen molar-refractivity contribution in [2.45, 2.75) is 39.2 Å². The molecule has 1 heterocycles. The lowest BCUT2D eigenvalue weighted by atomic mass is 10.0. The van der Waals surface area contributed by atoms with Gasteiger partial charge in [0.2, 0.25) is 0 Å². The molecule has 0 aliphatic carbocycles. The highest BCUT2D eigenvalue weighted by Crippen LogP contribution is 2.17. The molecular weight excluding hydrogens is 488 g/mol. The van der Waals surface area contributed by atoms with Crippen molar-refractivity contribution in [3.63, 3.8) is 0 Å². The molecule has 2 N–H and O–H groups in total. The monoisotopic (exact) mass is 523 g/mol. The lowest BCUT2D eigenvalue weighted by Crippen LogP contribution is -2.38. The van der Waals surface area contributed by atoms with Crippen LogP contribution >= 0.6 is 24.0 Å². The molecule has 29 heavy (non-hydrogen) atoms. The van der Waals surface area contributed by atoms with Gasteiger partial charge in [-0.3, -0.25) is 0 Å². The van der Waals surface area contributed by atoms with Crippen LogP contribution in [0.5, 0.6) is 5.75 Å². The molecule has 1 unspecified atom stereocenters. The summed E-state index contributed by atoms with van der Waals surface area (Å²) in [7, 11) is 0. The van der Waals surface area contributed by atoms with E-state index in [1.165, 1.54) is 6.07 Å². The van der Waals surface area contributed by atoms with Gasteiger partial charge in [-0.2, -0.15) is 0 Å². The summed E-state index contributed by atoms with van der Waals surface area (Å²) in [6, 6.07) is 6.41. The van der Waals surface area contributed by atoms with E-state index in [0.29, 0.717) is 12.5 Å². The van der Waals surface area contributed by atoms with Crippen molar-refractivity contribution >= 4 is 29.9 Å². The van der Waals surface area contributed by atoms with Gasteiger partial charge >= 0.3 is 0 Å². The first-order chi connectivity index (χ1) is 13.7. The number of guanidine groups is 1. The third kappa shape index (κ3) is 11.0. The zero-order valence-corrected chi connectivity index (χ0v) is 19.8. The van der Waals surface area contributed by atoms with Crippen LogP contribution < -0.4 is 15.4 Å². The Bertz CT molecular complexity index is 586. The predicted octanol–water partition coefficient (Wildman–Crippen LogP) is 3.60. The number of rotatable bonds is 11. The van der Waals surface area contributed by atoms with Gasteiger partial charge in [0.25, 0.3) is 0 Å². The van der Waals surface area contributed by atoms with Crippen LogP contribution in [0.1, 0.15) is 33.1 Å². The second-order valence-corrected chi connectivity index (χ2v) is 6.99. The first kappa shape index (κ1) is 25.9. The van der Waals surface area contributed by atoms with Crippen molar-refractivity contribution in [3.05, 3.63) is 30.1 Å². The predicted molar refractivity (Wildman–Crippen MR) is 125 cm³/mol. The van der Waals surface area contributed by atoms with Crippen LogP contribution in [-0.4, -0.2) is 58.1 Å². The normalized spacial score (nSPS) is 16.0. The molecule has 0 spiro atoms. The van der Waals surface area contributed by atoms with Gasteiger partial charge in [0.1, 0.15) is 6.10 Å². The Labute approximate surface area is 191 Å². The van der Waals surface area contributed by atoms with Gasteiger partial charge in [-0.05, 0) is 51.2 Å². The fourth-order valence-corrected chi connectivity index (χ4v) is 2.90. The molecule has 1 aromatic rings. The number of nitrogens with one attached hydrogen (secondary N) is 2. The summed E-state index contributed by atoms with van der Waals surface area (Å²) in [4.78, 5) is 4.52. The van der Waals surface area contributed by atoms with Crippen LogP contribution in [0, 0.1) is 11.7 Å². The molecule has 1 atom stereocenters. The van der Waals surface area contributed by atoms with Crippen LogP contribution in [0.2, 0.25) is 0 Å². The highest BCUT2D eigenvalue weighted by Gasteiger charge is 2.13. The largest absolute Gasteiger partial charge is 0.486 e. The van der Waals surface area contributed by atoms with Crippen molar-refractivity contribution in [1.29, 1.82) is 0 Å². The lowest BCUT2D eigenvalue weighted by Gasteiger charge is -2.21. The van der Waals surface area contributed by atoms with Gasteiger partial charge in [-0.25, -0.2) is 9.38 Å². The summed E-state index contributed by atoms with van der Waals surface area (Å²) in [5.74, 6) is 1.27. The molecule has 0 aromatic heterocycles. The van der Waals surface area contributed by atoms with Gasteiger partial charge in [0, 0.05) is 39.5 Å². The Balaban J connectivity index is 0.00000420. The Morgan fingerprint density at radius 3 is 2.76 bits per heavy atom. The number of nitrogens with zero attached hydrogens (tertiary/aromatic N) is 1. The fraction of sp³-hybridized carbons (Fsp3) is 0.667. The minimum Gasteiger partial charge on any atom is -0.486 e. The summed E-state index contributed by atoms with van der Waals surface area (Å²) >= 11 is 0. The molecular formula is C21H35FIN3O3. The van der Waals surface area contributed by atoms with E-state index >= 15 is 0 Å². The Morgan fingerprint density at radius 2 is 2.03 bits per heavy atom. The van der Waals surface area contributed by atoms with E-state index in [1.807, 2.05) is 13.8 Å². The average Bonchev–Trinajstić information content (AvgIpc) is 2.71. The molecule has 0 bridgehead atoms. The molecule has 2 rings (SSSR count). The molecule has 0 radical (unpaired) electrons. The summed E-state index contributed by atoms with van der Waals surface area (Å²) in [5, 5.41) is 6.51. The lowest BCUT2D eigenvalue weighted by molar-refractivity contribution is 0.0203. The minimum atomic E-state index is -0.357. The van der Waals surface area contributed by atoms with E-state index in [1.54, 1.807) is 18.2 Å². The van der Waals surface area contributed by atoms with Crippen molar-refractivity contribution in [2.75, 3.05) is 46.1 Å². The number of aliphatic imine (C=N–C) groups is 1. The second-order valence-electron chi connectivity index (χ2n) is 6.99. The summed E-state index contributed by atoms with van der Waals surface area (Å²) in [5.41, 5.74) is 0. The smallest absolute Gasteiger partial charge is 0.191 e. The van der Waals surface area contributed by atoms with E-state index in [-0.39, 0.29) is 41.6 Å². The number of hydrogen-bond donors (Lipinski definition) is 2. The van der Waals surface area contributed by atoms with E-state index in [4.69, 9.17) is 14.2 Å². The van der Waals surface area contributed by atoms with Gasteiger partial charge in [0.05, 0.1) is 6.54 Å². The fourth-order valence-electron chi connectivity index (χ4n) is 2.90. The number of benzene rings is 1. The van der Waals surface area contributed by atoms with E-state index in [0.717, 1.165) is 64.7 Å². The molecule has 1 aliphatic rings. The zero-order valence-electron chi connectivity index (χ0n) is 17.5. The number of para-hydroxylation sites is 1. The first-order valence-corrected chi connectivity index (χ1v) is 10.3. The van der Waals surface area contributed by atoms with Crippen LogP contribution in [0.25, 0.3) is 0 Å². The van der Waals surface area contributed by atoms with E-state index in [9.17, 15) is 4.39 Å². The van der Waals surface area contributed by atoms with E-state index < -0.39 is 0 Å². The standard InChI is InChI=1S/C21H34FN3O3.HI/c1-3-23-21(24-11-6-12-27-16-18-9-13-26-14-10-18)25-15-17(2)28-20-8-5-4-7-19(20)22;/h4-5,7-8,17-18H,3,6,9-16H2,1-2H3,(H2,23,24,25);1H. The van der Waals surface area contributed by atoms with Crippen LogP contribution in [0.15, 0.2) is 29.3 Å². The maximum absolute atomic E-state index is 13.7. The molecule has 0 amide bonds. The number of ether oxygens (including phenoxy) is 3. The Morgan fingerprint density at radius 1 is 1.28 bits per heavy atom. The summed E-state index contributed by atoms with van der Waals surface area (Å²) in [6.07, 6.45) is 2.88. The minimum absolute atomic E-state index is 0. The van der Waals surface area contributed by atoms with Crippen LogP contribution in [-0.2, 0) is 9.47 Å². The highest BCUT2D eigenvalue weighted by molar-refractivity contribution is 14.0. The molecule has 1 aliphatic heterocycles. The first-order valence-electron chi connectivity index (χ1n) is 10.3. The molecule has 8 heteroatoms. The number of halogens is 2. The summed E-state index contributed by atoms with van der Waals surface area (Å²) < 4.78 is 30.4. The molecule has 1 fully saturated rings. The molecule has 0 saturated carbocycles. The average molecular weight is 523 g/mol. The van der Waals surface area contributed by atoms with E-state index in [2.05, 4.69) is 15.6 Å². The van der Waals surface area contributed by atoms with Gasteiger partial charge in [-0.1, -0.05) is 12.1 Å². The van der Waals surface area contributed by atoms with Gasteiger partial charge < -0.3 is 24.8 Å². The SMILES string of the molecule is CCNC(=NCC(C)Oc1ccccc1F)NCCCOCC1CCOCC1.I. The van der Waals surface area contributed by atoms with Crippen molar-refractivity contribution < 1.29 is 18.6 Å². The van der Waals surface area contributed by atoms with Crippen LogP contribution in [0.4, 0.5) is 4.39 Å². The number of hydrogen-bond acceptors (Lipinski definition) is 4. The maximum atomic E-state index is 13.7. The van der Waals surface area contributed by atoms with Crippen LogP contribution in [0.3, 0.4) is 0 Å². The Kier molecular flexibility index (Phi) is 14.0. The van der Waals surface area contributed by atoms with Crippen molar-refractivity contribution in [2.24, 2.45) is 10.9 Å². The third-order valence-electron chi connectivity index (χ3n) is 4.47. The molecule has 166 valence electrons. The molecule has 6 nitrogen and oxygen atoms in total. The summed E-state index contributed by atoms with van der Waals surface area (Å²) in [6.45, 7) is 9.16. The molecule has 1 aromatic carbocycles. The maximum Gasteiger partial charge on any atom is 0.191 e. The molecule has 1 saturated heterocycles. The third-order valence-corrected chi connectivity index (χ3v) is 4.47. The van der Waals surface area contributed by atoms with Crippen molar-refractivity contribution in [1.82, 2.24) is 10.6 Å². The second kappa shape index (κ2) is 15.7. The highest BCUT2D eigenvalue weighted by atomic mass is 127. The van der Waals surface area contributed by atoms with Gasteiger partial charge in [-0.15, -0.1) is 24.0 Å². The van der Waals surface area contributed by atoms with Crippen molar-refractivity contribution in [3.8, 4) is 5.75 Å². The topological polar surface area (TPSA) is 64.1 Å². The van der Waals surface area contributed by atoms with Gasteiger partial charge in [0.15, 0.2) is 17.5 Å². The quantitative estimate of drug-likeness (QED) is 0.201.